The number of nitrogens with zero attached hydrogens (tertiary/aromatic N) is 1. The van der Waals surface area contributed by atoms with Crippen LogP contribution in [0.3, 0.4) is 0 Å². The molecular formula is C23H29N3OS. The molecule has 0 bridgehead atoms. The molecule has 0 aliphatic carbocycles. The first-order valence-corrected chi connectivity index (χ1v) is 10.8. The molecule has 4 nitrogen and oxygen atoms in total. The van der Waals surface area contributed by atoms with Crippen molar-refractivity contribution in [3.05, 3.63) is 65.2 Å². The Bertz CT molecular complexity index is 848. The number of ether oxygens (including phenoxy) is 1. The third-order valence-electron chi connectivity index (χ3n) is 4.53. The number of methoxy groups -OCH3 is 1. The predicted molar refractivity (Wildman–Crippen MR) is 119 cm³/mol. The molecule has 0 radical (unpaired) electrons. The minimum atomic E-state index is 0.804. The van der Waals surface area contributed by atoms with Gasteiger partial charge >= 0.3 is 0 Å². The Labute approximate surface area is 172 Å². The summed E-state index contributed by atoms with van der Waals surface area (Å²) in [5, 5.41) is 10.2. The molecule has 0 aliphatic rings. The van der Waals surface area contributed by atoms with Gasteiger partial charge in [-0.1, -0.05) is 49.7 Å². The van der Waals surface area contributed by atoms with Gasteiger partial charge in [-0.05, 0) is 37.1 Å². The average molecular weight is 396 g/mol. The van der Waals surface area contributed by atoms with E-state index < -0.39 is 0 Å². The number of nitrogens with one attached hydrogen (secondary N) is 2. The van der Waals surface area contributed by atoms with Gasteiger partial charge < -0.3 is 15.4 Å². The number of thiazole rings is 1. The molecule has 0 saturated heterocycles. The van der Waals surface area contributed by atoms with Crippen molar-refractivity contribution < 1.29 is 4.74 Å². The van der Waals surface area contributed by atoms with Crippen LogP contribution in [0.4, 0.5) is 5.69 Å². The SMILES string of the molecule is CCCc1ccc(OC)c(NCCCNCc2csc(-c3ccccc3)n2)c1. The van der Waals surface area contributed by atoms with Crippen molar-refractivity contribution in [3.63, 3.8) is 0 Å². The van der Waals surface area contributed by atoms with Crippen molar-refractivity contribution in [1.29, 1.82) is 0 Å². The Morgan fingerprint density at radius 1 is 1.07 bits per heavy atom. The van der Waals surface area contributed by atoms with Crippen LogP contribution < -0.4 is 15.4 Å². The van der Waals surface area contributed by atoms with Crippen LogP contribution in [0.2, 0.25) is 0 Å². The summed E-state index contributed by atoms with van der Waals surface area (Å²) in [5.41, 5.74) is 4.72. The molecule has 3 aromatic rings. The minimum Gasteiger partial charge on any atom is -0.495 e. The molecule has 148 valence electrons. The second kappa shape index (κ2) is 10.8. The first-order valence-electron chi connectivity index (χ1n) is 9.91. The summed E-state index contributed by atoms with van der Waals surface area (Å²) in [6, 6.07) is 16.7. The van der Waals surface area contributed by atoms with E-state index >= 15 is 0 Å². The number of aryl methyl sites for hydroxylation is 1. The summed E-state index contributed by atoms with van der Waals surface area (Å²) < 4.78 is 5.47. The largest absolute Gasteiger partial charge is 0.495 e. The third-order valence-corrected chi connectivity index (χ3v) is 5.47. The molecule has 0 saturated carbocycles. The number of aromatic nitrogens is 1. The molecule has 0 unspecified atom stereocenters. The maximum Gasteiger partial charge on any atom is 0.141 e. The molecule has 0 aliphatic heterocycles. The third kappa shape index (κ3) is 5.81. The van der Waals surface area contributed by atoms with Gasteiger partial charge in [0.1, 0.15) is 10.8 Å². The van der Waals surface area contributed by atoms with Crippen molar-refractivity contribution in [2.45, 2.75) is 32.7 Å². The molecule has 2 N–H and O–H groups in total. The van der Waals surface area contributed by atoms with Gasteiger partial charge in [0, 0.05) is 24.0 Å². The van der Waals surface area contributed by atoms with Crippen molar-refractivity contribution in [2.75, 3.05) is 25.5 Å². The molecule has 28 heavy (non-hydrogen) atoms. The van der Waals surface area contributed by atoms with E-state index in [9.17, 15) is 0 Å². The van der Waals surface area contributed by atoms with E-state index in [1.54, 1.807) is 18.4 Å². The normalized spacial score (nSPS) is 10.8. The Hall–Kier alpha value is -2.37. The predicted octanol–water partition coefficient (Wildman–Crippen LogP) is 5.36. The standard InChI is InChI=1S/C23H29N3OS/c1-3-8-18-11-12-22(27-2)21(15-18)25-14-7-13-24-16-20-17-28-23(26-20)19-9-5-4-6-10-19/h4-6,9-12,15,17,24-25H,3,7-8,13-14,16H2,1-2H3. The second-order valence-electron chi connectivity index (χ2n) is 6.75. The van der Waals surface area contributed by atoms with Crippen molar-refractivity contribution in [2.24, 2.45) is 0 Å². The van der Waals surface area contributed by atoms with Gasteiger partial charge in [-0.2, -0.15) is 0 Å². The van der Waals surface area contributed by atoms with Crippen LogP contribution in [0, 0.1) is 0 Å². The van der Waals surface area contributed by atoms with Gasteiger partial charge in [-0.3, -0.25) is 0 Å². The zero-order valence-electron chi connectivity index (χ0n) is 16.7. The second-order valence-corrected chi connectivity index (χ2v) is 7.61. The van der Waals surface area contributed by atoms with Crippen molar-refractivity contribution >= 4 is 17.0 Å². The first-order chi connectivity index (χ1) is 13.8. The van der Waals surface area contributed by atoms with Gasteiger partial charge in [0.15, 0.2) is 0 Å². The van der Waals surface area contributed by atoms with E-state index in [0.717, 1.165) is 61.0 Å². The molecule has 0 spiro atoms. The molecular weight excluding hydrogens is 366 g/mol. The molecule has 0 atom stereocenters. The Balaban J connectivity index is 1.40. The van der Waals surface area contributed by atoms with Gasteiger partial charge in [0.2, 0.25) is 0 Å². The molecule has 1 aromatic heterocycles. The summed E-state index contributed by atoms with van der Waals surface area (Å²) in [6.45, 7) is 4.86. The highest BCUT2D eigenvalue weighted by molar-refractivity contribution is 7.13. The number of benzene rings is 2. The fourth-order valence-electron chi connectivity index (χ4n) is 3.09. The molecule has 0 amide bonds. The highest BCUT2D eigenvalue weighted by Gasteiger charge is 2.05. The quantitative estimate of drug-likeness (QED) is 0.429. The lowest BCUT2D eigenvalue weighted by atomic mass is 10.1. The van der Waals surface area contributed by atoms with Crippen molar-refractivity contribution in [3.8, 4) is 16.3 Å². The van der Waals surface area contributed by atoms with E-state index in [-0.39, 0.29) is 0 Å². The number of hydrogen-bond acceptors (Lipinski definition) is 5. The van der Waals surface area contributed by atoms with E-state index in [4.69, 9.17) is 9.72 Å². The summed E-state index contributed by atoms with van der Waals surface area (Å²) in [7, 11) is 1.72. The van der Waals surface area contributed by atoms with Gasteiger partial charge in [-0.25, -0.2) is 4.98 Å². The van der Waals surface area contributed by atoms with Crippen LogP contribution >= 0.6 is 11.3 Å². The Morgan fingerprint density at radius 3 is 2.71 bits per heavy atom. The number of anilines is 1. The lowest BCUT2D eigenvalue weighted by molar-refractivity contribution is 0.416. The Morgan fingerprint density at radius 2 is 1.93 bits per heavy atom. The fraction of sp³-hybridized carbons (Fsp3) is 0.348. The highest BCUT2D eigenvalue weighted by atomic mass is 32.1. The maximum atomic E-state index is 5.47. The summed E-state index contributed by atoms with van der Waals surface area (Å²) in [6.07, 6.45) is 3.29. The Kier molecular flexibility index (Phi) is 7.88. The molecule has 1 heterocycles. The molecule has 3 rings (SSSR count). The molecule has 0 fully saturated rings. The smallest absolute Gasteiger partial charge is 0.141 e. The molecule has 5 heteroatoms. The van der Waals surface area contributed by atoms with Crippen LogP contribution in [0.5, 0.6) is 5.75 Å². The average Bonchev–Trinajstić information content (AvgIpc) is 3.21. The zero-order chi connectivity index (χ0) is 19.6. The van der Waals surface area contributed by atoms with Crippen LogP contribution in [0.1, 0.15) is 31.0 Å². The van der Waals surface area contributed by atoms with Gasteiger partial charge in [-0.15, -0.1) is 11.3 Å². The van der Waals surface area contributed by atoms with Crippen molar-refractivity contribution in [1.82, 2.24) is 10.3 Å². The van der Waals surface area contributed by atoms with E-state index in [2.05, 4.69) is 65.4 Å². The lowest BCUT2D eigenvalue weighted by Gasteiger charge is -2.13. The van der Waals surface area contributed by atoms with Gasteiger partial charge in [0.05, 0.1) is 18.5 Å². The van der Waals surface area contributed by atoms with E-state index in [1.807, 2.05) is 6.07 Å². The zero-order valence-corrected chi connectivity index (χ0v) is 17.5. The van der Waals surface area contributed by atoms with Crippen LogP contribution in [0.25, 0.3) is 10.6 Å². The van der Waals surface area contributed by atoms with Crippen LogP contribution in [0.15, 0.2) is 53.9 Å². The summed E-state index contributed by atoms with van der Waals surface area (Å²) >= 11 is 1.70. The van der Waals surface area contributed by atoms with Crippen LogP contribution in [-0.4, -0.2) is 25.2 Å². The van der Waals surface area contributed by atoms with E-state index in [1.165, 1.54) is 11.1 Å². The fourth-order valence-corrected chi connectivity index (χ4v) is 3.92. The summed E-state index contributed by atoms with van der Waals surface area (Å²) in [5.74, 6) is 0.906. The number of hydrogen-bond donors (Lipinski definition) is 2. The number of rotatable bonds is 11. The maximum absolute atomic E-state index is 5.47. The van der Waals surface area contributed by atoms with Crippen LogP contribution in [-0.2, 0) is 13.0 Å². The molecule has 2 aromatic carbocycles. The van der Waals surface area contributed by atoms with Gasteiger partial charge in [0.25, 0.3) is 0 Å². The monoisotopic (exact) mass is 395 g/mol. The highest BCUT2D eigenvalue weighted by Crippen LogP contribution is 2.26. The summed E-state index contributed by atoms with van der Waals surface area (Å²) in [4.78, 5) is 4.72. The first kappa shape index (κ1) is 20.4. The topological polar surface area (TPSA) is 46.2 Å². The lowest BCUT2D eigenvalue weighted by Crippen LogP contribution is -2.18. The minimum absolute atomic E-state index is 0.804. The van der Waals surface area contributed by atoms with E-state index in [0.29, 0.717) is 0 Å².